The number of hydrogen-bond donors (Lipinski definition) is 3. The van der Waals surface area contributed by atoms with Crippen molar-refractivity contribution in [1.29, 1.82) is 0 Å². The second kappa shape index (κ2) is 9.62. The van der Waals surface area contributed by atoms with Gasteiger partial charge in [0.2, 0.25) is 5.88 Å². The first-order valence-corrected chi connectivity index (χ1v) is 10.1. The molecule has 3 N–H and O–H groups in total. The molecule has 0 aromatic rings. The zero-order valence-electron chi connectivity index (χ0n) is 17.6. The Hall–Kier alpha value is -3.07. The lowest BCUT2D eigenvalue weighted by molar-refractivity contribution is -0.113. The highest BCUT2D eigenvalue weighted by Crippen LogP contribution is 2.24. The first-order chi connectivity index (χ1) is 14.3. The number of aliphatic imine (C=N–C) groups is 3. The van der Waals surface area contributed by atoms with E-state index in [4.69, 9.17) is 0 Å². The molecule has 0 fully saturated rings. The van der Waals surface area contributed by atoms with Gasteiger partial charge in [-0.3, -0.25) is 10.1 Å². The van der Waals surface area contributed by atoms with Gasteiger partial charge in [0.15, 0.2) is 11.5 Å². The Balaban J connectivity index is 1.64. The van der Waals surface area contributed by atoms with Crippen LogP contribution in [-0.4, -0.2) is 66.4 Å². The lowest BCUT2D eigenvalue weighted by atomic mass is 9.98. The number of urea groups is 1. The van der Waals surface area contributed by atoms with Crippen LogP contribution in [0.25, 0.3) is 0 Å². The van der Waals surface area contributed by atoms with Gasteiger partial charge in [-0.15, -0.1) is 0 Å². The lowest BCUT2D eigenvalue weighted by Gasteiger charge is -2.25. The van der Waals surface area contributed by atoms with Crippen LogP contribution in [0, 0.1) is 5.92 Å². The third-order valence-corrected chi connectivity index (χ3v) is 5.33. The molecule has 0 spiro atoms. The highest BCUT2D eigenvalue weighted by Gasteiger charge is 2.29. The van der Waals surface area contributed by atoms with Crippen LogP contribution in [0.2, 0.25) is 0 Å². The number of amidine groups is 1. The summed E-state index contributed by atoms with van der Waals surface area (Å²) in [7, 11) is 1.78. The normalized spacial score (nSPS) is 23.2. The largest absolute Gasteiger partial charge is 0.493 e. The summed E-state index contributed by atoms with van der Waals surface area (Å²) in [6.45, 7) is 5.96. The van der Waals surface area contributed by atoms with Crippen molar-refractivity contribution in [2.75, 3.05) is 26.7 Å². The number of hydrogen-bond acceptors (Lipinski definition) is 7. The second-order valence-corrected chi connectivity index (χ2v) is 7.71. The van der Waals surface area contributed by atoms with Crippen LogP contribution in [0.4, 0.5) is 4.79 Å². The number of rotatable bonds is 6. The van der Waals surface area contributed by atoms with Gasteiger partial charge < -0.3 is 15.3 Å². The van der Waals surface area contributed by atoms with E-state index in [9.17, 15) is 14.7 Å². The van der Waals surface area contributed by atoms with E-state index in [2.05, 4.69) is 32.5 Å². The molecule has 0 saturated carbocycles. The molecule has 2 aliphatic heterocycles. The van der Waals surface area contributed by atoms with Gasteiger partial charge in [0.25, 0.3) is 5.91 Å². The summed E-state index contributed by atoms with van der Waals surface area (Å²) in [6.07, 6.45) is 7.83. The number of imide groups is 1. The van der Waals surface area contributed by atoms with E-state index in [0.717, 1.165) is 30.5 Å². The second-order valence-electron chi connectivity index (χ2n) is 7.71. The van der Waals surface area contributed by atoms with Crippen molar-refractivity contribution in [2.45, 2.75) is 33.1 Å². The summed E-state index contributed by atoms with van der Waals surface area (Å²) in [5, 5.41) is 15.0. The van der Waals surface area contributed by atoms with Crippen LogP contribution in [0.1, 0.15) is 33.1 Å². The fourth-order valence-corrected chi connectivity index (χ4v) is 3.38. The summed E-state index contributed by atoms with van der Waals surface area (Å²) in [5.41, 5.74) is 3.43. The Morgan fingerprint density at radius 2 is 2.13 bits per heavy atom. The number of aliphatic hydroxyl groups is 1. The van der Waals surface area contributed by atoms with Crippen LogP contribution in [0.3, 0.4) is 0 Å². The molecule has 3 rings (SSSR count). The predicted molar refractivity (Wildman–Crippen MR) is 117 cm³/mol. The molecular weight excluding hydrogens is 384 g/mol. The molecule has 0 aromatic carbocycles. The number of aliphatic hydroxyl groups excluding tert-OH is 1. The third kappa shape index (κ3) is 5.50. The minimum atomic E-state index is -0.680. The first kappa shape index (κ1) is 21.6. The van der Waals surface area contributed by atoms with Crippen molar-refractivity contribution in [3.63, 3.8) is 0 Å². The molecule has 160 valence electrons. The van der Waals surface area contributed by atoms with Crippen molar-refractivity contribution in [2.24, 2.45) is 20.9 Å². The van der Waals surface area contributed by atoms with Gasteiger partial charge in [0.1, 0.15) is 0 Å². The van der Waals surface area contributed by atoms with Gasteiger partial charge in [-0.1, -0.05) is 11.1 Å². The molecule has 0 aromatic heterocycles. The van der Waals surface area contributed by atoms with Crippen molar-refractivity contribution in [3.05, 3.63) is 34.9 Å². The fraction of sp³-hybridized carbons (Fsp3) is 0.476. The average Bonchev–Trinajstić information content (AvgIpc) is 2.69. The standard InChI is InChI=1S/C21H28N6O3/c1-13-4-5-16(10-14(13)2)24-18-19(25-21(30)26-20(18)29)27(3)9-8-22-12-15-6-7-23-17(28)11-15/h7,10-11,15,22,28H,4-6,8-9,12H2,1-3H3,(H,26,29,30)/b24-18+. The highest BCUT2D eigenvalue weighted by molar-refractivity contribution is 6.69. The van der Waals surface area contributed by atoms with E-state index < -0.39 is 11.9 Å². The van der Waals surface area contributed by atoms with E-state index >= 15 is 0 Å². The Morgan fingerprint density at radius 3 is 2.87 bits per heavy atom. The summed E-state index contributed by atoms with van der Waals surface area (Å²) in [4.78, 5) is 38.4. The molecule has 0 radical (unpaired) electrons. The number of nitrogens with zero attached hydrogens (tertiary/aromatic N) is 4. The van der Waals surface area contributed by atoms with Crippen LogP contribution in [-0.2, 0) is 4.79 Å². The van der Waals surface area contributed by atoms with Crippen molar-refractivity contribution in [3.8, 4) is 0 Å². The fourth-order valence-electron chi connectivity index (χ4n) is 3.38. The SMILES string of the molecule is CC1=C(C)CCC(/N=C2/C(=O)NC(=O)N=C2N(C)CCNCC2C=C(O)N=CC2)=C1. The lowest BCUT2D eigenvalue weighted by Crippen LogP contribution is -2.50. The molecule has 3 aliphatic rings. The van der Waals surface area contributed by atoms with Gasteiger partial charge in [-0.2, -0.15) is 4.99 Å². The molecule has 0 saturated heterocycles. The van der Waals surface area contributed by atoms with Crippen LogP contribution in [0.5, 0.6) is 0 Å². The minimum Gasteiger partial charge on any atom is -0.493 e. The van der Waals surface area contributed by atoms with E-state index in [-0.39, 0.29) is 23.3 Å². The molecule has 1 aliphatic carbocycles. The molecule has 0 bridgehead atoms. The smallest absolute Gasteiger partial charge is 0.349 e. The third-order valence-electron chi connectivity index (χ3n) is 5.33. The predicted octanol–water partition coefficient (Wildman–Crippen LogP) is 2.10. The maximum atomic E-state index is 12.4. The van der Waals surface area contributed by atoms with Crippen LogP contribution in [0.15, 0.2) is 49.9 Å². The molecule has 9 heteroatoms. The molecular formula is C21H28N6O3. The minimum absolute atomic E-state index is 0.0457. The highest BCUT2D eigenvalue weighted by atomic mass is 16.3. The van der Waals surface area contributed by atoms with Gasteiger partial charge >= 0.3 is 6.03 Å². The summed E-state index contributed by atoms with van der Waals surface area (Å²) >= 11 is 0. The average molecular weight is 412 g/mol. The van der Waals surface area contributed by atoms with E-state index in [1.807, 2.05) is 13.0 Å². The number of amides is 3. The maximum Gasteiger partial charge on any atom is 0.349 e. The van der Waals surface area contributed by atoms with E-state index in [1.54, 1.807) is 24.2 Å². The number of likely N-dealkylation sites (N-methyl/N-ethyl adjacent to an activating group) is 1. The number of nitrogens with one attached hydrogen (secondary N) is 2. The van der Waals surface area contributed by atoms with Gasteiger partial charge in [-0.05, 0) is 51.2 Å². The van der Waals surface area contributed by atoms with Crippen LogP contribution >= 0.6 is 0 Å². The number of carbonyl (C=O) groups excluding carboxylic acids is 2. The zero-order valence-corrected chi connectivity index (χ0v) is 17.6. The Kier molecular flexibility index (Phi) is 6.94. The van der Waals surface area contributed by atoms with Crippen molar-refractivity contribution < 1.29 is 14.7 Å². The molecule has 9 nitrogen and oxygen atoms in total. The van der Waals surface area contributed by atoms with Crippen LogP contribution < -0.4 is 10.6 Å². The van der Waals surface area contributed by atoms with E-state index in [1.165, 1.54) is 5.57 Å². The van der Waals surface area contributed by atoms with E-state index in [0.29, 0.717) is 19.6 Å². The van der Waals surface area contributed by atoms with Gasteiger partial charge in [0, 0.05) is 38.6 Å². The van der Waals surface area contributed by atoms with Gasteiger partial charge in [-0.25, -0.2) is 14.8 Å². The topological polar surface area (TPSA) is 119 Å². The zero-order chi connectivity index (χ0) is 21.7. The Morgan fingerprint density at radius 1 is 1.33 bits per heavy atom. The van der Waals surface area contributed by atoms with Crippen molar-refractivity contribution >= 4 is 29.7 Å². The molecule has 1 atom stereocenters. The molecule has 30 heavy (non-hydrogen) atoms. The molecule has 2 heterocycles. The Bertz CT molecular complexity index is 910. The quantitative estimate of drug-likeness (QED) is 0.577. The van der Waals surface area contributed by atoms with Crippen molar-refractivity contribution in [1.82, 2.24) is 15.5 Å². The molecule has 1 unspecified atom stereocenters. The molecule has 3 amide bonds. The van der Waals surface area contributed by atoms with Gasteiger partial charge in [0.05, 0.1) is 0 Å². The monoisotopic (exact) mass is 412 g/mol. The summed E-state index contributed by atoms with van der Waals surface area (Å²) in [5.74, 6) is -0.0267. The summed E-state index contributed by atoms with van der Waals surface area (Å²) in [6, 6.07) is -0.680. The summed E-state index contributed by atoms with van der Waals surface area (Å²) < 4.78 is 0. The number of allylic oxidation sites excluding steroid dienone is 4. The number of carbonyl (C=O) groups is 2. The maximum absolute atomic E-state index is 12.4. The Labute approximate surface area is 176 Å². The first-order valence-electron chi connectivity index (χ1n) is 10.1.